The number of hydrogen-bond acceptors (Lipinski definition) is 4. The molecule has 0 fully saturated rings. The van der Waals surface area contributed by atoms with Crippen LogP contribution in [0.3, 0.4) is 0 Å². The summed E-state index contributed by atoms with van der Waals surface area (Å²) in [5, 5.41) is 19.1. The molecule has 0 saturated carbocycles. The number of carboxylic acid groups (broad SMARTS) is 1. The number of aliphatic carboxylic acids is 1. The highest BCUT2D eigenvalue weighted by atomic mass is 16.6. The number of rotatable bonds is 3. The lowest BCUT2D eigenvalue weighted by molar-refractivity contribution is -0.385. The van der Waals surface area contributed by atoms with Gasteiger partial charge in [0.15, 0.2) is 0 Å². The number of aromatic nitrogens is 1. The molecule has 0 bridgehead atoms. The number of nitro groups is 1. The van der Waals surface area contributed by atoms with Gasteiger partial charge in [0.25, 0.3) is 5.69 Å². The molecule has 1 aromatic heterocycles. The number of carbonyl (C=O) groups is 1. The molecule has 1 aromatic rings. The Morgan fingerprint density at radius 2 is 2.27 bits per heavy atom. The van der Waals surface area contributed by atoms with Crippen LogP contribution in [0.2, 0.25) is 0 Å². The maximum atomic E-state index is 10.7. The number of hydrogen-bond donors (Lipinski definition) is 1. The summed E-state index contributed by atoms with van der Waals surface area (Å²) in [4.78, 5) is 24.1. The Bertz CT molecular complexity index is 422. The van der Waals surface area contributed by atoms with Gasteiger partial charge < -0.3 is 5.11 Å². The topological polar surface area (TPSA) is 93.3 Å². The molecule has 0 atom stereocenters. The maximum Gasteiger partial charge on any atom is 0.337 e. The molecule has 0 amide bonds. The predicted molar refractivity (Wildman–Crippen MR) is 52.2 cm³/mol. The van der Waals surface area contributed by atoms with Crippen molar-refractivity contribution in [2.75, 3.05) is 0 Å². The predicted octanol–water partition coefficient (Wildman–Crippen LogP) is 1.48. The van der Waals surface area contributed by atoms with Gasteiger partial charge in [0, 0.05) is 6.07 Å². The number of nitrogens with zero attached hydrogens (tertiary/aromatic N) is 2. The lowest BCUT2D eigenvalue weighted by atomic mass is 10.1. The summed E-state index contributed by atoms with van der Waals surface area (Å²) in [5.74, 6) is -1.11. The lowest BCUT2D eigenvalue weighted by Crippen LogP contribution is -2.01. The van der Waals surface area contributed by atoms with Crippen LogP contribution in [-0.2, 0) is 4.79 Å². The van der Waals surface area contributed by atoms with Crippen LogP contribution in [-0.4, -0.2) is 21.0 Å². The zero-order chi connectivity index (χ0) is 11.4. The van der Waals surface area contributed by atoms with Crippen molar-refractivity contribution in [1.29, 1.82) is 0 Å². The van der Waals surface area contributed by atoms with Crippen LogP contribution in [0.1, 0.15) is 12.6 Å². The van der Waals surface area contributed by atoms with E-state index in [0.29, 0.717) is 0 Å². The van der Waals surface area contributed by atoms with Crippen LogP contribution < -0.4 is 0 Å². The summed E-state index contributed by atoms with van der Waals surface area (Å²) in [7, 11) is 0. The van der Waals surface area contributed by atoms with E-state index in [1.54, 1.807) is 6.92 Å². The van der Waals surface area contributed by atoms with Gasteiger partial charge in [0.1, 0.15) is 6.20 Å². The Labute approximate surface area is 85.0 Å². The van der Waals surface area contributed by atoms with Gasteiger partial charge in [-0.05, 0) is 13.0 Å². The van der Waals surface area contributed by atoms with E-state index in [0.717, 1.165) is 6.20 Å². The van der Waals surface area contributed by atoms with Crippen LogP contribution in [0.4, 0.5) is 5.69 Å². The van der Waals surface area contributed by atoms with E-state index in [4.69, 9.17) is 5.11 Å². The van der Waals surface area contributed by atoms with Gasteiger partial charge in [-0.1, -0.05) is 6.08 Å². The van der Waals surface area contributed by atoms with Crippen LogP contribution in [0, 0.1) is 10.1 Å². The lowest BCUT2D eigenvalue weighted by Gasteiger charge is -1.99. The molecule has 6 nitrogen and oxygen atoms in total. The first kappa shape index (κ1) is 10.8. The van der Waals surface area contributed by atoms with Gasteiger partial charge in [-0.25, -0.2) is 9.78 Å². The fourth-order valence-corrected chi connectivity index (χ4v) is 1.03. The SMILES string of the molecule is CC=C(C(=O)O)c1ccc([N+](=O)[O-])cn1. The van der Waals surface area contributed by atoms with E-state index in [1.165, 1.54) is 18.2 Å². The van der Waals surface area contributed by atoms with Gasteiger partial charge >= 0.3 is 5.97 Å². The van der Waals surface area contributed by atoms with Crippen molar-refractivity contribution in [3.05, 3.63) is 40.2 Å². The number of pyridine rings is 1. The van der Waals surface area contributed by atoms with Crippen LogP contribution >= 0.6 is 0 Å². The van der Waals surface area contributed by atoms with Gasteiger partial charge in [-0.15, -0.1) is 0 Å². The van der Waals surface area contributed by atoms with Gasteiger partial charge in [-0.2, -0.15) is 0 Å². The monoisotopic (exact) mass is 208 g/mol. The largest absolute Gasteiger partial charge is 0.478 e. The second-order valence-corrected chi connectivity index (χ2v) is 2.67. The molecule has 0 aromatic carbocycles. The first-order valence-electron chi connectivity index (χ1n) is 4.06. The zero-order valence-electron chi connectivity index (χ0n) is 7.88. The second kappa shape index (κ2) is 4.32. The summed E-state index contributed by atoms with van der Waals surface area (Å²) >= 11 is 0. The summed E-state index contributed by atoms with van der Waals surface area (Å²) in [6.45, 7) is 1.56. The molecule has 1 rings (SSSR count). The smallest absolute Gasteiger partial charge is 0.337 e. The molecule has 15 heavy (non-hydrogen) atoms. The minimum Gasteiger partial charge on any atom is -0.478 e. The van der Waals surface area contributed by atoms with E-state index in [1.807, 2.05) is 0 Å². The molecule has 0 aliphatic heterocycles. The highest BCUT2D eigenvalue weighted by Gasteiger charge is 2.12. The minimum atomic E-state index is -1.11. The van der Waals surface area contributed by atoms with Crippen molar-refractivity contribution in [3.63, 3.8) is 0 Å². The molecule has 1 heterocycles. The highest BCUT2D eigenvalue weighted by Crippen LogP contribution is 2.15. The Hall–Kier alpha value is -2.24. The van der Waals surface area contributed by atoms with E-state index >= 15 is 0 Å². The molecule has 0 aliphatic carbocycles. The Morgan fingerprint density at radius 1 is 1.60 bits per heavy atom. The molecular weight excluding hydrogens is 200 g/mol. The molecule has 1 N–H and O–H groups in total. The van der Waals surface area contributed by atoms with E-state index in [9.17, 15) is 14.9 Å². The Morgan fingerprint density at radius 3 is 2.60 bits per heavy atom. The van der Waals surface area contributed by atoms with Crippen molar-refractivity contribution < 1.29 is 14.8 Å². The summed E-state index contributed by atoms with van der Waals surface area (Å²) in [6.07, 6.45) is 2.41. The third kappa shape index (κ3) is 2.37. The van der Waals surface area contributed by atoms with Gasteiger partial charge in [0.05, 0.1) is 16.2 Å². The molecular formula is C9H8N2O4. The molecule has 0 spiro atoms. The summed E-state index contributed by atoms with van der Waals surface area (Å²) in [6, 6.07) is 2.52. The standard InChI is InChI=1S/C9H8N2O4/c1-2-7(9(12)13)8-4-3-6(5-10-8)11(14)15/h2-5H,1H3,(H,12,13). The maximum absolute atomic E-state index is 10.7. The molecule has 6 heteroatoms. The molecule has 0 radical (unpaired) electrons. The highest BCUT2D eigenvalue weighted by molar-refractivity contribution is 6.14. The fourth-order valence-electron chi connectivity index (χ4n) is 1.03. The van der Waals surface area contributed by atoms with E-state index < -0.39 is 10.9 Å². The van der Waals surface area contributed by atoms with Crippen molar-refractivity contribution in [1.82, 2.24) is 4.98 Å². The third-order valence-corrected chi connectivity index (χ3v) is 1.75. The summed E-state index contributed by atoms with van der Waals surface area (Å²) in [5.41, 5.74) is 0.0556. The van der Waals surface area contributed by atoms with Crippen LogP contribution in [0.15, 0.2) is 24.4 Å². The third-order valence-electron chi connectivity index (χ3n) is 1.75. The van der Waals surface area contributed by atoms with Crippen molar-refractivity contribution >= 4 is 17.2 Å². The van der Waals surface area contributed by atoms with Crippen LogP contribution in [0.25, 0.3) is 5.57 Å². The first-order valence-corrected chi connectivity index (χ1v) is 4.06. The van der Waals surface area contributed by atoms with Crippen molar-refractivity contribution in [2.45, 2.75) is 6.92 Å². The Balaban J connectivity index is 3.08. The molecule has 78 valence electrons. The second-order valence-electron chi connectivity index (χ2n) is 2.67. The summed E-state index contributed by atoms with van der Waals surface area (Å²) < 4.78 is 0. The number of allylic oxidation sites excluding steroid dienone is 1. The van der Waals surface area contributed by atoms with Crippen molar-refractivity contribution in [2.24, 2.45) is 0 Å². The normalized spacial score (nSPS) is 11.1. The van der Waals surface area contributed by atoms with Gasteiger partial charge in [0.2, 0.25) is 0 Å². The minimum absolute atomic E-state index is 0.0184. The van der Waals surface area contributed by atoms with E-state index in [2.05, 4.69) is 4.98 Å². The number of carboxylic acids is 1. The molecule has 0 aliphatic rings. The fraction of sp³-hybridized carbons (Fsp3) is 0.111. The molecule has 0 unspecified atom stereocenters. The first-order chi connectivity index (χ1) is 7.06. The zero-order valence-corrected chi connectivity index (χ0v) is 7.88. The van der Waals surface area contributed by atoms with Crippen molar-refractivity contribution in [3.8, 4) is 0 Å². The average Bonchev–Trinajstić information content (AvgIpc) is 2.19. The Kier molecular flexibility index (Phi) is 3.12. The van der Waals surface area contributed by atoms with E-state index in [-0.39, 0.29) is 17.0 Å². The average molecular weight is 208 g/mol. The van der Waals surface area contributed by atoms with Gasteiger partial charge in [-0.3, -0.25) is 10.1 Å². The quantitative estimate of drug-likeness (QED) is 0.461. The molecule has 0 saturated heterocycles. The van der Waals surface area contributed by atoms with Crippen LogP contribution in [0.5, 0.6) is 0 Å².